The van der Waals surface area contributed by atoms with Crippen molar-refractivity contribution in [3.63, 3.8) is 0 Å². The number of hydrogen-bond acceptors (Lipinski definition) is 1. The molecular formula is C16H20BrF2N. The largest absolute Gasteiger partial charge is 0.376 e. The molecule has 0 saturated heterocycles. The predicted molar refractivity (Wildman–Crippen MR) is 80.7 cm³/mol. The van der Waals surface area contributed by atoms with Crippen molar-refractivity contribution < 1.29 is 8.78 Å². The standard InChI is InChI=1S/C16H20BrF2N/c1-15(2)9-4-5-16(3,8-9)14(15)20-13-11(18)6-10(17)7-12(13)19/h6-7,9,14,20H,4-5,8H2,1-3H3/t9-,14?,16+/m0/s1. The van der Waals surface area contributed by atoms with E-state index in [0.29, 0.717) is 10.4 Å². The van der Waals surface area contributed by atoms with Crippen LogP contribution in [0.4, 0.5) is 14.5 Å². The first kappa shape index (κ1) is 14.3. The molecule has 0 aliphatic heterocycles. The molecule has 0 spiro atoms. The summed E-state index contributed by atoms with van der Waals surface area (Å²) in [6.07, 6.45) is 3.52. The Bertz CT molecular complexity index is 530. The molecular weight excluding hydrogens is 324 g/mol. The Balaban J connectivity index is 1.96. The van der Waals surface area contributed by atoms with Gasteiger partial charge in [-0.1, -0.05) is 36.7 Å². The SMILES string of the molecule is CC1(C)C(Nc2c(F)cc(Br)cc2F)[C@]2(C)CC[C@H]1C2. The Morgan fingerprint density at radius 1 is 1.20 bits per heavy atom. The summed E-state index contributed by atoms with van der Waals surface area (Å²) in [4.78, 5) is 0. The van der Waals surface area contributed by atoms with Gasteiger partial charge in [0.1, 0.15) is 17.3 Å². The summed E-state index contributed by atoms with van der Waals surface area (Å²) >= 11 is 3.12. The summed E-state index contributed by atoms with van der Waals surface area (Å²) in [5.41, 5.74) is 0.221. The molecule has 0 radical (unpaired) electrons. The van der Waals surface area contributed by atoms with Crippen molar-refractivity contribution in [2.75, 3.05) is 5.32 Å². The fourth-order valence-corrected chi connectivity index (χ4v) is 4.89. The van der Waals surface area contributed by atoms with Gasteiger partial charge in [-0.25, -0.2) is 8.78 Å². The van der Waals surface area contributed by atoms with Crippen molar-refractivity contribution in [1.82, 2.24) is 0 Å². The summed E-state index contributed by atoms with van der Waals surface area (Å²) < 4.78 is 28.5. The summed E-state index contributed by atoms with van der Waals surface area (Å²) in [5, 5.41) is 3.20. The van der Waals surface area contributed by atoms with E-state index in [1.165, 1.54) is 18.6 Å². The van der Waals surface area contributed by atoms with Crippen LogP contribution in [-0.2, 0) is 0 Å². The smallest absolute Gasteiger partial charge is 0.150 e. The van der Waals surface area contributed by atoms with Crippen molar-refractivity contribution in [2.24, 2.45) is 16.7 Å². The Kier molecular flexibility index (Phi) is 3.16. The van der Waals surface area contributed by atoms with E-state index in [2.05, 4.69) is 42.0 Å². The van der Waals surface area contributed by atoms with E-state index >= 15 is 0 Å². The number of benzene rings is 1. The lowest BCUT2D eigenvalue weighted by atomic mass is 9.68. The first-order valence-electron chi connectivity index (χ1n) is 7.15. The van der Waals surface area contributed by atoms with Crippen LogP contribution in [-0.4, -0.2) is 6.04 Å². The predicted octanol–water partition coefficient (Wildman–Crippen LogP) is 5.35. The van der Waals surface area contributed by atoms with Gasteiger partial charge in [-0.3, -0.25) is 0 Å². The Hall–Kier alpha value is -0.640. The van der Waals surface area contributed by atoms with Crippen molar-refractivity contribution in [3.05, 3.63) is 28.2 Å². The molecule has 1 nitrogen and oxygen atoms in total. The monoisotopic (exact) mass is 343 g/mol. The summed E-state index contributed by atoms with van der Waals surface area (Å²) in [6, 6.07) is 2.74. The topological polar surface area (TPSA) is 12.0 Å². The van der Waals surface area contributed by atoms with Crippen LogP contribution in [0.15, 0.2) is 16.6 Å². The van der Waals surface area contributed by atoms with Crippen LogP contribution in [0.1, 0.15) is 40.0 Å². The number of anilines is 1. The van der Waals surface area contributed by atoms with Gasteiger partial charge in [-0.05, 0) is 48.1 Å². The molecule has 1 aromatic carbocycles. The van der Waals surface area contributed by atoms with E-state index < -0.39 is 11.6 Å². The van der Waals surface area contributed by atoms with Crippen LogP contribution in [0.5, 0.6) is 0 Å². The molecule has 3 atom stereocenters. The van der Waals surface area contributed by atoms with E-state index in [9.17, 15) is 8.78 Å². The van der Waals surface area contributed by atoms with E-state index in [-0.39, 0.29) is 22.6 Å². The van der Waals surface area contributed by atoms with Gasteiger partial charge < -0.3 is 5.32 Å². The van der Waals surface area contributed by atoms with Gasteiger partial charge in [-0.15, -0.1) is 0 Å². The quantitative estimate of drug-likeness (QED) is 0.762. The van der Waals surface area contributed by atoms with Crippen molar-refractivity contribution in [3.8, 4) is 0 Å². The van der Waals surface area contributed by atoms with Gasteiger partial charge in [-0.2, -0.15) is 0 Å². The molecule has 0 aromatic heterocycles. The van der Waals surface area contributed by atoms with Crippen LogP contribution in [0.3, 0.4) is 0 Å². The molecule has 2 aliphatic carbocycles. The summed E-state index contributed by atoms with van der Waals surface area (Å²) in [5.74, 6) is -0.412. The molecule has 1 N–H and O–H groups in total. The normalized spacial score (nSPS) is 34.5. The minimum atomic E-state index is -0.529. The molecule has 2 fully saturated rings. The number of halogens is 3. The third kappa shape index (κ3) is 1.99. The Morgan fingerprint density at radius 3 is 2.30 bits per heavy atom. The molecule has 3 rings (SSSR count). The van der Waals surface area contributed by atoms with E-state index in [1.54, 1.807) is 0 Å². The lowest BCUT2D eigenvalue weighted by Crippen LogP contribution is -2.46. The van der Waals surface area contributed by atoms with Crippen LogP contribution >= 0.6 is 15.9 Å². The molecule has 0 amide bonds. The summed E-state index contributed by atoms with van der Waals surface area (Å²) in [7, 11) is 0. The Morgan fingerprint density at radius 2 is 1.80 bits per heavy atom. The zero-order chi connectivity index (χ0) is 14.7. The zero-order valence-electron chi connectivity index (χ0n) is 12.1. The average molecular weight is 344 g/mol. The lowest BCUT2D eigenvalue weighted by Gasteiger charge is -2.43. The van der Waals surface area contributed by atoms with Crippen LogP contribution in [0, 0.1) is 28.4 Å². The van der Waals surface area contributed by atoms with Crippen molar-refractivity contribution >= 4 is 21.6 Å². The second-order valence-electron chi connectivity index (χ2n) is 7.24. The first-order chi connectivity index (χ1) is 9.24. The van der Waals surface area contributed by atoms with E-state index in [1.807, 2.05) is 0 Å². The second kappa shape index (κ2) is 4.43. The van der Waals surface area contributed by atoms with Gasteiger partial charge in [0.2, 0.25) is 0 Å². The highest BCUT2D eigenvalue weighted by atomic mass is 79.9. The molecule has 2 bridgehead atoms. The van der Waals surface area contributed by atoms with Gasteiger partial charge in [0.05, 0.1) is 0 Å². The molecule has 20 heavy (non-hydrogen) atoms. The average Bonchev–Trinajstić information content (AvgIpc) is 2.77. The summed E-state index contributed by atoms with van der Waals surface area (Å²) in [6.45, 7) is 6.68. The highest BCUT2D eigenvalue weighted by Crippen LogP contribution is 2.63. The third-order valence-corrected chi connectivity index (χ3v) is 6.02. The lowest BCUT2D eigenvalue weighted by molar-refractivity contribution is 0.155. The molecule has 110 valence electrons. The fourth-order valence-electron chi connectivity index (χ4n) is 4.49. The first-order valence-corrected chi connectivity index (χ1v) is 7.94. The van der Waals surface area contributed by atoms with Crippen LogP contribution in [0.2, 0.25) is 0 Å². The van der Waals surface area contributed by atoms with Gasteiger partial charge in [0, 0.05) is 10.5 Å². The van der Waals surface area contributed by atoms with Gasteiger partial charge >= 0.3 is 0 Å². The number of rotatable bonds is 2. The van der Waals surface area contributed by atoms with Gasteiger partial charge in [0.25, 0.3) is 0 Å². The highest BCUT2D eigenvalue weighted by molar-refractivity contribution is 9.10. The number of nitrogens with one attached hydrogen (secondary N) is 1. The minimum absolute atomic E-state index is 0.0139. The maximum atomic E-state index is 14.1. The second-order valence-corrected chi connectivity index (χ2v) is 8.15. The van der Waals surface area contributed by atoms with E-state index in [4.69, 9.17) is 0 Å². The number of fused-ring (bicyclic) bond motifs is 2. The van der Waals surface area contributed by atoms with Crippen LogP contribution in [0.25, 0.3) is 0 Å². The number of hydrogen-bond donors (Lipinski definition) is 1. The van der Waals surface area contributed by atoms with Crippen molar-refractivity contribution in [1.29, 1.82) is 0 Å². The molecule has 0 heterocycles. The molecule has 1 aromatic rings. The third-order valence-electron chi connectivity index (χ3n) is 5.57. The molecule has 2 saturated carbocycles. The maximum absolute atomic E-state index is 14.1. The van der Waals surface area contributed by atoms with Gasteiger partial charge in [0.15, 0.2) is 0 Å². The minimum Gasteiger partial charge on any atom is -0.376 e. The van der Waals surface area contributed by atoms with Crippen LogP contribution < -0.4 is 5.32 Å². The zero-order valence-corrected chi connectivity index (χ0v) is 13.7. The van der Waals surface area contributed by atoms with Crippen molar-refractivity contribution in [2.45, 2.75) is 46.1 Å². The fraction of sp³-hybridized carbons (Fsp3) is 0.625. The molecule has 2 aliphatic rings. The molecule has 4 heteroatoms. The molecule has 1 unspecified atom stereocenters. The highest BCUT2D eigenvalue weighted by Gasteiger charge is 2.59. The Labute approximate surface area is 127 Å². The van der Waals surface area contributed by atoms with E-state index in [0.717, 1.165) is 12.8 Å². The maximum Gasteiger partial charge on any atom is 0.150 e.